The Bertz CT molecular complexity index is 206. The molecule has 0 aromatic carbocycles. The number of likely N-dealkylation sites (N-methyl/N-ethyl adjacent to an activating group) is 1. The summed E-state index contributed by atoms with van der Waals surface area (Å²) in [6.07, 6.45) is 5.26. The molecule has 0 fully saturated rings. The van der Waals surface area contributed by atoms with Crippen LogP contribution in [-0.4, -0.2) is 23.9 Å². The molecular formula is C10H17NO. The van der Waals surface area contributed by atoms with Crippen molar-refractivity contribution in [1.29, 1.82) is 0 Å². The van der Waals surface area contributed by atoms with Crippen LogP contribution in [0.4, 0.5) is 0 Å². The van der Waals surface area contributed by atoms with Crippen molar-refractivity contribution < 1.29 is 4.79 Å². The van der Waals surface area contributed by atoms with E-state index in [4.69, 9.17) is 0 Å². The average Bonchev–Trinajstić information content (AvgIpc) is 2.53. The molecule has 1 aliphatic rings. The summed E-state index contributed by atoms with van der Waals surface area (Å²) in [4.78, 5) is 13.4. The summed E-state index contributed by atoms with van der Waals surface area (Å²) in [5.74, 6) is 0.211. The van der Waals surface area contributed by atoms with Crippen LogP contribution in [0.5, 0.6) is 0 Å². The molecule has 0 aliphatic heterocycles. The Hall–Kier alpha value is -0.790. The summed E-state index contributed by atoms with van der Waals surface area (Å²) in [6.45, 7) is 4.07. The van der Waals surface area contributed by atoms with Crippen LogP contribution in [0.1, 0.15) is 33.1 Å². The van der Waals surface area contributed by atoms with Crippen LogP contribution in [0.15, 0.2) is 11.6 Å². The van der Waals surface area contributed by atoms with Crippen LogP contribution in [0.25, 0.3) is 0 Å². The third kappa shape index (κ3) is 1.87. The Morgan fingerprint density at radius 1 is 1.58 bits per heavy atom. The van der Waals surface area contributed by atoms with E-state index in [9.17, 15) is 4.79 Å². The number of nitrogens with zero attached hydrogens (tertiary/aromatic N) is 1. The number of rotatable bonds is 2. The SMILES string of the molecule is CC(C)N(C)C(=O)C1=CCCC1. The van der Waals surface area contributed by atoms with Gasteiger partial charge in [0.25, 0.3) is 0 Å². The Kier molecular flexibility index (Phi) is 2.90. The summed E-state index contributed by atoms with van der Waals surface area (Å²) < 4.78 is 0. The van der Waals surface area contributed by atoms with Crippen molar-refractivity contribution >= 4 is 5.91 Å². The van der Waals surface area contributed by atoms with Crippen molar-refractivity contribution in [2.24, 2.45) is 0 Å². The minimum Gasteiger partial charge on any atom is -0.340 e. The molecule has 2 heteroatoms. The molecule has 0 heterocycles. The quantitative estimate of drug-likeness (QED) is 0.615. The lowest BCUT2D eigenvalue weighted by molar-refractivity contribution is -0.127. The normalized spacial score (nSPS) is 16.5. The molecular weight excluding hydrogens is 150 g/mol. The maximum absolute atomic E-state index is 11.6. The van der Waals surface area contributed by atoms with Crippen LogP contribution >= 0.6 is 0 Å². The van der Waals surface area contributed by atoms with Gasteiger partial charge in [-0.3, -0.25) is 4.79 Å². The van der Waals surface area contributed by atoms with Crippen LogP contribution in [-0.2, 0) is 4.79 Å². The zero-order chi connectivity index (χ0) is 9.14. The molecule has 0 unspecified atom stereocenters. The Morgan fingerprint density at radius 3 is 2.67 bits per heavy atom. The fourth-order valence-electron chi connectivity index (χ4n) is 1.33. The second-order valence-electron chi connectivity index (χ2n) is 3.63. The molecule has 0 bridgehead atoms. The van der Waals surface area contributed by atoms with Crippen LogP contribution < -0.4 is 0 Å². The molecule has 1 aliphatic carbocycles. The molecule has 68 valence electrons. The van der Waals surface area contributed by atoms with Gasteiger partial charge in [-0.2, -0.15) is 0 Å². The number of hydrogen-bond donors (Lipinski definition) is 0. The summed E-state index contributed by atoms with van der Waals surface area (Å²) in [5, 5.41) is 0. The van der Waals surface area contributed by atoms with Crippen LogP contribution in [0, 0.1) is 0 Å². The molecule has 0 aromatic heterocycles. The maximum atomic E-state index is 11.6. The fraction of sp³-hybridized carbons (Fsp3) is 0.700. The smallest absolute Gasteiger partial charge is 0.249 e. The second kappa shape index (κ2) is 3.74. The lowest BCUT2D eigenvalue weighted by atomic mass is 10.2. The monoisotopic (exact) mass is 167 g/mol. The highest BCUT2D eigenvalue weighted by Gasteiger charge is 2.18. The van der Waals surface area contributed by atoms with E-state index in [0.717, 1.165) is 24.8 Å². The number of carbonyl (C=O) groups excluding carboxylic acids is 1. The molecule has 0 aromatic rings. The molecule has 2 nitrogen and oxygen atoms in total. The van der Waals surface area contributed by atoms with E-state index in [0.29, 0.717) is 6.04 Å². The third-order valence-electron chi connectivity index (χ3n) is 2.41. The lowest BCUT2D eigenvalue weighted by Crippen LogP contribution is -2.33. The van der Waals surface area contributed by atoms with E-state index < -0.39 is 0 Å². The summed E-state index contributed by atoms with van der Waals surface area (Å²) in [5.41, 5.74) is 1.01. The van der Waals surface area contributed by atoms with Crippen molar-refractivity contribution in [3.63, 3.8) is 0 Å². The number of amides is 1. The van der Waals surface area contributed by atoms with Gasteiger partial charge >= 0.3 is 0 Å². The predicted molar refractivity (Wildman–Crippen MR) is 49.8 cm³/mol. The van der Waals surface area contributed by atoms with Crippen molar-refractivity contribution in [3.8, 4) is 0 Å². The number of carbonyl (C=O) groups is 1. The van der Waals surface area contributed by atoms with E-state index in [-0.39, 0.29) is 5.91 Å². The number of allylic oxidation sites excluding steroid dienone is 1. The Labute approximate surface area is 74.2 Å². The second-order valence-corrected chi connectivity index (χ2v) is 3.63. The standard InChI is InChI=1S/C10H17NO/c1-8(2)11(3)10(12)9-6-4-5-7-9/h6,8H,4-5,7H2,1-3H3. The highest BCUT2D eigenvalue weighted by Crippen LogP contribution is 2.19. The Morgan fingerprint density at radius 2 is 2.25 bits per heavy atom. The fourth-order valence-corrected chi connectivity index (χ4v) is 1.33. The minimum atomic E-state index is 0.211. The Balaban J connectivity index is 2.57. The third-order valence-corrected chi connectivity index (χ3v) is 2.41. The molecule has 0 saturated carbocycles. The van der Waals surface area contributed by atoms with Crippen LogP contribution in [0.2, 0.25) is 0 Å². The first-order valence-electron chi connectivity index (χ1n) is 4.59. The molecule has 0 saturated heterocycles. The largest absolute Gasteiger partial charge is 0.340 e. The van der Waals surface area contributed by atoms with Crippen molar-refractivity contribution in [3.05, 3.63) is 11.6 Å². The molecule has 0 atom stereocenters. The van der Waals surface area contributed by atoms with Gasteiger partial charge in [0.1, 0.15) is 0 Å². The first-order valence-corrected chi connectivity index (χ1v) is 4.59. The van der Waals surface area contributed by atoms with Gasteiger partial charge in [-0.15, -0.1) is 0 Å². The molecule has 1 amide bonds. The van der Waals surface area contributed by atoms with E-state index in [1.54, 1.807) is 4.90 Å². The van der Waals surface area contributed by atoms with Crippen LogP contribution in [0.3, 0.4) is 0 Å². The van der Waals surface area contributed by atoms with Crippen molar-refractivity contribution in [2.75, 3.05) is 7.05 Å². The minimum absolute atomic E-state index is 0.211. The highest BCUT2D eigenvalue weighted by atomic mass is 16.2. The average molecular weight is 167 g/mol. The lowest BCUT2D eigenvalue weighted by Gasteiger charge is -2.21. The van der Waals surface area contributed by atoms with Gasteiger partial charge in [0.05, 0.1) is 0 Å². The highest BCUT2D eigenvalue weighted by molar-refractivity contribution is 5.93. The summed E-state index contributed by atoms with van der Waals surface area (Å²) >= 11 is 0. The van der Waals surface area contributed by atoms with Gasteiger partial charge < -0.3 is 4.90 Å². The van der Waals surface area contributed by atoms with Gasteiger partial charge in [-0.25, -0.2) is 0 Å². The van der Waals surface area contributed by atoms with Gasteiger partial charge in [-0.05, 0) is 33.1 Å². The van der Waals surface area contributed by atoms with Crippen molar-refractivity contribution in [2.45, 2.75) is 39.2 Å². The topological polar surface area (TPSA) is 20.3 Å². The number of hydrogen-bond acceptors (Lipinski definition) is 1. The first kappa shape index (κ1) is 9.30. The predicted octanol–water partition coefficient (Wildman–Crippen LogP) is 1.96. The van der Waals surface area contributed by atoms with E-state index in [1.165, 1.54) is 0 Å². The molecule has 0 radical (unpaired) electrons. The molecule has 12 heavy (non-hydrogen) atoms. The zero-order valence-electron chi connectivity index (χ0n) is 8.13. The summed E-state index contributed by atoms with van der Waals surface area (Å²) in [7, 11) is 1.87. The summed E-state index contributed by atoms with van der Waals surface area (Å²) in [6, 6.07) is 0.305. The van der Waals surface area contributed by atoms with Gasteiger partial charge in [0, 0.05) is 18.7 Å². The molecule has 0 spiro atoms. The molecule has 1 rings (SSSR count). The van der Waals surface area contributed by atoms with Gasteiger partial charge in [0.15, 0.2) is 0 Å². The van der Waals surface area contributed by atoms with E-state index in [1.807, 2.05) is 20.9 Å². The van der Waals surface area contributed by atoms with E-state index >= 15 is 0 Å². The maximum Gasteiger partial charge on any atom is 0.249 e. The molecule has 0 N–H and O–H groups in total. The first-order chi connectivity index (χ1) is 5.63. The zero-order valence-corrected chi connectivity index (χ0v) is 8.13. The van der Waals surface area contributed by atoms with Gasteiger partial charge in [-0.1, -0.05) is 6.08 Å². The van der Waals surface area contributed by atoms with E-state index in [2.05, 4.69) is 6.08 Å². The van der Waals surface area contributed by atoms with Gasteiger partial charge in [0.2, 0.25) is 5.91 Å². The van der Waals surface area contributed by atoms with Crippen molar-refractivity contribution in [1.82, 2.24) is 4.90 Å².